The van der Waals surface area contributed by atoms with Crippen LogP contribution in [0.5, 0.6) is 0 Å². The molecule has 3 heteroatoms. The minimum absolute atomic E-state index is 0.103. The van der Waals surface area contributed by atoms with Gasteiger partial charge in [-0.15, -0.1) is 0 Å². The van der Waals surface area contributed by atoms with Gasteiger partial charge >= 0.3 is 0 Å². The maximum Gasteiger partial charge on any atom is 0.292 e. The van der Waals surface area contributed by atoms with E-state index >= 15 is 0 Å². The molecule has 0 aromatic carbocycles. The first-order chi connectivity index (χ1) is 9.81. The Kier molecular flexibility index (Phi) is 7.12. The van der Waals surface area contributed by atoms with E-state index in [-0.39, 0.29) is 5.97 Å². The third-order valence-corrected chi connectivity index (χ3v) is 7.64. The summed E-state index contributed by atoms with van der Waals surface area (Å²) < 4.78 is 5.78. The second-order valence-electron chi connectivity index (χ2n) is 6.89. The van der Waals surface area contributed by atoms with Crippen LogP contribution in [0.3, 0.4) is 0 Å². The van der Waals surface area contributed by atoms with E-state index in [4.69, 9.17) is 4.43 Å². The summed E-state index contributed by atoms with van der Waals surface area (Å²) in [6, 6.07) is 0. The molecule has 0 spiro atoms. The lowest BCUT2D eigenvalue weighted by Crippen LogP contribution is -2.24. The molecule has 2 nitrogen and oxygen atoms in total. The van der Waals surface area contributed by atoms with E-state index in [0.29, 0.717) is 6.42 Å². The van der Waals surface area contributed by atoms with Crippen molar-refractivity contribution in [2.24, 2.45) is 11.8 Å². The molecule has 0 heterocycles. The predicted molar refractivity (Wildman–Crippen MR) is 86.4 cm³/mol. The van der Waals surface area contributed by atoms with Crippen LogP contribution in [0, 0.1) is 11.8 Å². The Bertz CT molecular complexity index is 265. The van der Waals surface area contributed by atoms with E-state index in [2.05, 4.69) is 6.92 Å². The molecule has 0 N–H and O–H groups in total. The van der Waals surface area contributed by atoms with E-state index < -0.39 is 9.76 Å². The molecule has 2 fully saturated rings. The fraction of sp³-hybridized carbons (Fsp3) is 0.941. The van der Waals surface area contributed by atoms with Gasteiger partial charge in [0, 0.05) is 6.42 Å². The second-order valence-corrected chi connectivity index (χ2v) is 8.46. The Hall–Kier alpha value is -0.313. The Labute approximate surface area is 127 Å². The van der Waals surface area contributed by atoms with Crippen LogP contribution < -0.4 is 0 Å². The first-order valence-corrected chi connectivity index (χ1v) is 10.4. The smallest absolute Gasteiger partial charge is 0.292 e. The molecular formula is C17H32O2Si. The summed E-state index contributed by atoms with van der Waals surface area (Å²) in [7, 11) is -0.665. The van der Waals surface area contributed by atoms with Gasteiger partial charge in [0.2, 0.25) is 9.76 Å². The molecule has 2 rings (SSSR count). The van der Waals surface area contributed by atoms with Crippen molar-refractivity contribution in [2.45, 2.75) is 89.5 Å². The fourth-order valence-corrected chi connectivity index (χ4v) is 6.22. The van der Waals surface area contributed by atoms with Crippen molar-refractivity contribution in [1.82, 2.24) is 0 Å². The van der Waals surface area contributed by atoms with Gasteiger partial charge < -0.3 is 4.43 Å². The highest BCUT2D eigenvalue weighted by Crippen LogP contribution is 2.45. The monoisotopic (exact) mass is 296 g/mol. The Morgan fingerprint density at radius 3 is 2.10 bits per heavy atom. The maximum absolute atomic E-state index is 11.9. The molecule has 2 aliphatic rings. The van der Waals surface area contributed by atoms with Crippen LogP contribution in [0.25, 0.3) is 0 Å². The summed E-state index contributed by atoms with van der Waals surface area (Å²) in [5, 5.41) is 0. The van der Waals surface area contributed by atoms with E-state index in [1.54, 1.807) is 0 Å². The average Bonchev–Trinajstić information content (AvgIpc) is 3.12. The summed E-state index contributed by atoms with van der Waals surface area (Å²) in [5.74, 6) is 1.90. The minimum Gasteiger partial charge on any atom is -0.525 e. The van der Waals surface area contributed by atoms with Gasteiger partial charge in [0.15, 0.2) is 0 Å². The van der Waals surface area contributed by atoms with Crippen LogP contribution in [0.2, 0.25) is 5.54 Å². The fourth-order valence-electron chi connectivity index (χ4n) is 4.21. The number of hydrogen-bond donors (Lipinski definition) is 0. The third kappa shape index (κ3) is 4.91. The molecule has 2 saturated carbocycles. The number of hydrogen-bond acceptors (Lipinski definition) is 2. The normalized spacial score (nSPS) is 21.5. The topological polar surface area (TPSA) is 26.3 Å². The van der Waals surface area contributed by atoms with Crippen molar-refractivity contribution in [3.05, 3.63) is 0 Å². The molecule has 20 heavy (non-hydrogen) atoms. The van der Waals surface area contributed by atoms with E-state index in [1.165, 1.54) is 57.8 Å². The highest BCUT2D eigenvalue weighted by molar-refractivity contribution is 6.33. The molecule has 0 aromatic rings. The third-order valence-electron chi connectivity index (χ3n) is 5.43. The van der Waals surface area contributed by atoms with Gasteiger partial charge in [0.05, 0.1) is 0 Å². The Morgan fingerprint density at radius 1 is 1.05 bits per heavy atom. The van der Waals surface area contributed by atoms with Gasteiger partial charge in [-0.2, -0.15) is 0 Å². The minimum atomic E-state index is -0.665. The first-order valence-electron chi connectivity index (χ1n) is 8.97. The summed E-state index contributed by atoms with van der Waals surface area (Å²) >= 11 is 0. The van der Waals surface area contributed by atoms with Gasteiger partial charge in [0.25, 0.3) is 5.97 Å². The summed E-state index contributed by atoms with van der Waals surface area (Å²) in [6.07, 6.45) is 15.3. The zero-order valence-corrected chi connectivity index (χ0v) is 14.7. The maximum atomic E-state index is 11.9. The standard InChI is InChI=1S/C17H32O2Si/c1-2-3-4-13-16(18)19-20-17(14-9-5-6-10-14)15-11-7-8-12-15/h14-15,17H,2-13,20H2,1H3. The second kappa shape index (κ2) is 8.86. The van der Waals surface area contributed by atoms with Gasteiger partial charge in [-0.1, -0.05) is 71.1 Å². The highest BCUT2D eigenvalue weighted by Gasteiger charge is 2.34. The summed E-state index contributed by atoms with van der Waals surface area (Å²) in [4.78, 5) is 11.9. The molecule has 0 aliphatic heterocycles. The molecule has 0 radical (unpaired) electrons. The summed E-state index contributed by atoms with van der Waals surface area (Å²) in [6.45, 7) is 2.18. The lowest BCUT2D eigenvalue weighted by atomic mass is 9.91. The molecular weight excluding hydrogens is 264 g/mol. The van der Waals surface area contributed by atoms with E-state index in [1.807, 2.05) is 0 Å². The average molecular weight is 297 g/mol. The number of carbonyl (C=O) groups excluding carboxylic acids is 1. The van der Waals surface area contributed by atoms with Crippen molar-refractivity contribution < 1.29 is 9.22 Å². The van der Waals surface area contributed by atoms with Gasteiger partial charge in [-0.25, -0.2) is 0 Å². The molecule has 0 atom stereocenters. The lowest BCUT2D eigenvalue weighted by Gasteiger charge is -2.28. The van der Waals surface area contributed by atoms with Crippen LogP contribution in [-0.4, -0.2) is 15.7 Å². The van der Waals surface area contributed by atoms with Crippen molar-refractivity contribution in [3.63, 3.8) is 0 Å². The van der Waals surface area contributed by atoms with Gasteiger partial charge in [-0.3, -0.25) is 4.79 Å². The number of carbonyl (C=O) groups is 1. The quantitative estimate of drug-likeness (QED) is 0.491. The zero-order chi connectivity index (χ0) is 14.2. The van der Waals surface area contributed by atoms with Gasteiger partial charge in [0.1, 0.15) is 0 Å². The van der Waals surface area contributed by atoms with E-state index in [0.717, 1.165) is 30.2 Å². The lowest BCUT2D eigenvalue weighted by molar-refractivity contribution is -0.134. The molecule has 116 valence electrons. The predicted octanol–water partition coefficient (Wildman–Crippen LogP) is 4.36. The SMILES string of the molecule is CCCCCC(=O)O[SiH2]C(C1CCCC1)C1CCCC1. The molecule has 2 aliphatic carbocycles. The van der Waals surface area contributed by atoms with Crippen molar-refractivity contribution in [2.75, 3.05) is 0 Å². The van der Waals surface area contributed by atoms with Crippen LogP contribution in [0.4, 0.5) is 0 Å². The summed E-state index contributed by atoms with van der Waals surface area (Å²) in [5.41, 5.74) is 0.801. The highest BCUT2D eigenvalue weighted by atomic mass is 28.2. The van der Waals surface area contributed by atoms with Crippen molar-refractivity contribution in [1.29, 1.82) is 0 Å². The van der Waals surface area contributed by atoms with Gasteiger partial charge in [-0.05, 0) is 23.8 Å². The first kappa shape index (κ1) is 16.1. The Morgan fingerprint density at radius 2 is 1.60 bits per heavy atom. The molecule has 0 aromatic heterocycles. The van der Waals surface area contributed by atoms with E-state index in [9.17, 15) is 4.79 Å². The van der Waals surface area contributed by atoms with Crippen molar-refractivity contribution in [3.8, 4) is 0 Å². The van der Waals surface area contributed by atoms with Crippen molar-refractivity contribution >= 4 is 15.7 Å². The van der Waals surface area contributed by atoms with Crippen LogP contribution in [-0.2, 0) is 9.22 Å². The zero-order valence-electron chi connectivity index (χ0n) is 13.2. The molecule has 0 bridgehead atoms. The number of unbranched alkanes of at least 4 members (excludes halogenated alkanes) is 2. The number of rotatable bonds is 8. The Balaban J connectivity index is 1.76. The molecule has 0 unspecified atom stereocenters. The van der Waals surface area contributed by atoms with Crippen LogP contribution >= 0.6 is 0 Å². The van der Waals surface area contributed by atoms with Crippen LogP contribution in [0.15, 0.2) is 0 Å². The molecule has 0 amide bonds. The largest absolute Gasteiger partial charge is 0.525 e. The van der Waals surface area contributed by atoms with Crippen LogP contribution in [0.1, 0.15) is 84.0 Å². The molecule has 0 saturated heterocycles.